The second-order valence-corrected chi connectivity index (χ2v) is 3.72. The summed E-state index contributed by atoms with van der Waals surface area (Å²) >= 11 is 0. The van der Waals surface area contributed by atoms with E-state index in [1.165, 1.54) is 0 Å². The third-order valence-corrected chi connectivity index (χ3v) is 2.34. The molecule has 1 heterocycles. The van der Waals surface area contributed by atoms with Crippen LogP contribution in [0.1, 0.15) is 6.92 Å². The fraction of sp³-hybridized carbons (Fsp3) is 0.333. The van der Waals surface area contributed by atoms with E-state index in [2.05, 4.69) is 15.5 Å². The van der Waals surface area contributed by atoms with Crippen molar-refractivity contribution in [2.45, 2.75) is 13.0 Å². The van der Waals surface area contributed by atoms with Crippen molar-refractivity contribution >= 4 is 10.8 Å². The lowest BCUT2D eigenvalue weighted by atomic mass is 10.2. The molecule has 0 bridgehead atoms. The van der Waals surface area contributed by atoms with Gasteiger partial charge in [0.1, 0.15) is 6.10 Å². The second-order valence-electron chi connectivity index (χ2n) is 3.72. The highest BCUT2D eigenvalue weighted by atomic mass is 16.5. The molecule has 2 aromatic rings. The van der Waals surface area contributed by atoms with Crippen molar-refractivity contribution in [3.8, 4) is 5.88 Å². The summed E-state index contributed by atoms with van der Waals surface area (Å²) in [5, 5.41) is 13.1. The van der Waals surface area contributed by atoms with Gasteiger partial charge in [0.2, 0.25) is 5.88 Å². The highest BCUT2D eigenvalue weighted by molar-refractivity contribution is 5.85. The molecule has 0 radical (unpaired) electrons. The maximum absolute atomic E-state index is 5.73. The van der Waals surface area contributed by atoms with E-state index in [0.717, 1.165) is 17.3 Å². The minimum Gasteiger partial charge on any atom is -0.472 e. The number of nitrogens with zero attached hydrogens (tertiary/aromatic N) is 2. The highest BCUT2D eigenvalue weighted by Crippen LogP contribution is 2.21. The van der Waals surface area contributed by atoms with E-state index in [-0.39, 0.29) is 6.10 Å². The first-order valence-electron chi connectivity index (χ1n) is 5.33. The van der Waals surface area contributed by atoms with Crippen LogP contribution in [0, 0.1) is 0 Å². The molecule has 0 aliphatic carbocycles. The molecule has 1 atom stereocenters. The predicted molar refractivity (Wildman–Crippen MR) is 63.6 cm³/mol. The topological polar surface area (TPSA) is 47.0 Å². The number of benzene rings is 1. The van der Waals surface area contributed by atoms with Crippen LogP contribution in [0.15, 0.2) is 30.5 Å². The average molecular weight is 217 g/mol. The Labute approximate surface area is 94.6 Å². The zero-order chi connectivity index (χ0) is 11.4. The SMILES string of the molecule is CNCC(C)Oc1nncc2ccccc12. The Morgan fingerprint density at radius 2 is 2.19 bits per heavy atom. The maximum atomic E-state index is 5.73. The molecule has 1 aromatic heterocycles. The normalized spacial score (nSPS) is 12.6. The molecular weight excluding hydrogens is 202 g/mol. The van der Waals surface area contributed by atoms with Crippen LogP contribution < -0.4 is 10.1 Å². The number of likely N-dealkylation sites (N-methyl/N-ethyl adjacent to an activating group) is 1. The van der Waals surface area contributed by atoms with Gasteiger partial charge < -0.3 is 10.1 Å². The van der Waals surface area contributed by atoms with Crippen LogP contribution in [0.2, 0.25) is 0 Å². The molecule has 0 aliphatic rings. The fourth-order valence-electron chi connectivity index (χ4n) is 1.61. The number of hydrogen-bond acceptors (Lipinski definition) is 4. The van der Waals surface area contributed by atoms with E-state index in [9.17, 15) is 0 Å². The molecule has 0 fully saturated rings. The Morgan fingerprint density at radius 1 is 1.38 bits per heavy atom. The van der Waals surface area contributed by atoms with Gasteiger partial charge in [-0.3, -0.25) is 0 Å². The number of fused-ring (bicyclic) bond motifs is 1. The van der Waals surface area contributed by atoms with Gasteiger partial charge in [-0.15, -0.1) is 5.10 Å². The van der Waals surface area contributed by atoms with Crippen LogP contribution in [0.5, 0.6) is 5.88 Å². The Bertz CT molecular complexity index is 467. The van der Waals surface area contributed by atoms with Gasteiger partial charge in [0.25, 0.3) is 0 Å². The third kappa shape index (κ3) is 2.28. The van der Waals surface area contributed by atoms with Gasteiger partial charge in [-0.1, -0.05) is 18.2 Å². The first-order chi connectivity index (χ1) is 7.81. The zero-order valence-electron chi connectivity index (χ0n) is 9.47. The average Bonchev–Trinajstić information content (AvgIpc) is 2.30. The Morgan fingerprint density at radius 3 is 3.00 bits per heavy atom. The fourth-order valence-corrected chi connectivity index (χ4v) is 1.61. The van der Waals surface area contributed by atoms with Crippen molar-refractivity contribution in [2.24, 2.45) is 0 Å². The monoisotopic (exact) mass is 217 g/mol. The minimum atomic E-state index is 0.0742. The van der Waals surface area contributed by atoms with Gasteiger partial charge in [0, 0.05) is 17.3 Å². The van der Waals surface area contributed by atoms with E-state index in [0.29, 0.717) is 5.88 Å². The summed E-state index contributed by atoms with van der Waals surface area (Å²) in [6.07, 6.45) is 1.82. The van der Waals surface area contributed by atoms with E-state index in [1.807, 2.05) is 38.2 Å². The van der Waals surface area contributed by atoms with Gasteiger partial charge in [0.05, 0.1) is 6.20 Å². The largest absolute Gasteiger partial charge is 0.472 e. The molecule has 0 saturated heterocycles. The lowest BCUT2D eigenvalue weighted by molar-refractivity contribution is 0.213. The predicted octanol–water partition coefficient (Wildman–Crippen LogP) is 1.62. The Balaban J connectivity index is 2.30. The molecular formula is C12H15N3O. The summed E-state index contributed by atoms with van der Waals surface area (Å²) in [6.45, 7) is 2.78. The van der Waals surface area contributed by atoms with E-state index >= 15 is 0 Å². The number of ether oxygens (including phenoxy) is 1. The molecule has 16 heavy (non-hydrogen) atoms. The molecule has 0 spiro atoms. The van der Waals surface area contributed by atoms with Crippen LogP contribution in [0.25, 0.3) is 10.8 Å². The standard InChI is InChI=1S/C12H15N3O/c1-9(7-13-2)16-12-11-6-4-3-5-10(11)8-14-15-12/h3-6,8-9,13H,7H2,1-2H3. The number of rotatable bonds is 4. The van der Waals surface area contributed by atoms with Gasteiger partial charge >= 0.3 is 0 Å². The first kappa shape index (κ1) is 10.8. The van der Waals surface area contributed by atoms with Crippen molar-refractivity contribution in [3.63, 3.8) is 0 Å². The van der Waals surface area contributed by atoms with Crippen molar-refractivity contribution in [1.29, 1.82) is 0 Å². The van der Waals surface area contributed by atoms with Gasteiger partial charge in [-0.2, -0.15) is 5.10 Å². The molecule has 84 valence electrons. The number of nitrogens with one attached hydrogen (secondary N) is 1. The molecule has 0 aliphatic heterocycles. The Hall–Kier alpha value is -1.68. The highest BCUT2D eigenvalue weighted by Gasteiger charge is 2.07. The molecule has 2 rings (SSSR count). The van der Waals surface area contributed by atoms with E-state index in [4.69, 9.17) is 4.74 Å². The van der Waals surface area contributed by atoms with Crippen LogP contribution in [0.4, 0.5) is 0 Å². The summed E-state index contributed by atoms with van der Waals surface area (Å²) in [6, 6.07) is 7.94. The van der Waals surface area contributed by atoms with Crippen molar-refractivity contribution < 1.29 is 4.74 Å². The maximum Gasteiger partial charge on any atom is 0.241 e. The molecule has 1 aromatic carbocycles. The Kier molecular flexibility index (Phi) is 3.31. The van der Waals surface area contributed by atoms with Gasteiger partial charge in [0.15, 0.2) is 0 Å². The minimum absolute atomic E-state index is 0.0742. The second kappa shape index (κ2) is 4.90. The van der Waals surface area contributed by atoms with Crippen molar-refractivity contribution in [2.75, 3.05) is 13.6 Å². The summed E-state index contributed by atoms with van der Waals surface area (Å²) in [7, 11) is 1.90. The number of aromatic nitrogens is 2. The van der Waals surface area contributed by atoms with Crippen molar-refractivity contribution in [3.05, 3.63) is 30.5 Å². The van der Waals surface area contributed by atoms with Gasteiger partial charge in [-0.05, 0) is 20.0 Å². The summed E-state index contributed by atoms with van der Waals surface area (Å²) < 4.78 is 5.73. The lowest BCUT2D eigenvalue weighted by Gasteiger charge is -2.13. The smallest absolute Gasteiger partial charge is 0.241 e. The van der Waals surface area contributed by atoms with E-state index < -0.39 is 0 Å². The van der Waals surface area contributed by atoms with Crippen LogP contribution >= 0.6 is 0 Å². The molecule has 0 amide bonds. The van der Waals surface area contributed by atoms with Crippen LogP contribution in [-0.4, -0.2) is 29.9 Å². The molecule has 0 saturated carbocycles. The third-order valence-electron chi connectivity index (χ3n) is 2.34. The molecule has 1 N–H and O–H groups in total. The molecule has 1 unspecified atom stereocenters. The summed E-state index contributed by atoms with van der Waals surface area (Å²) in [4.78, 5) is 0. The summed E-state index contributed by atoms with van der Waals surface area (Å²) in [5.41, 5.74) is 0. The lowest BCUT2D eigenvalue weighted by Crippen LogP contribution is -2.26. The first-order valence-corrected chi connectivity index (χ1v) is 5.33. The van der Waals surface area contributed by atoms with Crippen molar-refractivity contribution in [1.82, 2.24) is 15.5 Å². The van der Waals surface area contributed by atoms with Gasteiger partial charge in [-0.25, -0.2) is 0 Å². The summed E-state index contributed by atoms with van der Waals surface area (Å²) in [5.74, 6) is 0.598. The molecule has 4 heteroatoms. The van der Waals surface area contributed by atoms with Crippen LogP contribution in [0.3, 0.4) is 0 Å². The quantitative estimate of drug-likeness (QED) is 0.845. The zero-order valence-corrected chi connectivity index (χ0v) is 9.47. The van der Waals surface area contributed by atoms with Crippen LogP contribution in [-0.2, 0) is 0 Å². The molecule has 4 nitrogen and oxygen atoms in total. The van der Waals surface area contributed by atoms with E-state index in [1.54, 1.807) is 6.20 Å². The number of hydrogen-bond donors (Lipinski definition) is 1.